The van der Waals surface area contributed by atoms with Gasteiger partial charge in [-0.1, -0.05) is 19.3 Å². The number of benzene rings is 1. The molecule has 0 saturated heterocycles. The van der Waals surface area contributed by atoms with Crippen molar-refractivity contribution in [1.29, 1.82) is 0 Å². The maximum Gasteiger partial charge on any atom is 0.123 e. The summed E-state index contributed by atoms with van der Waals surface area (Å²) in [6, 6.07) is 5.96. The summed E-state index contributed by atoms with van der Waals surface area (Å²) in [6.45, 7) is 3.16. The summed E-state index contributed by atoms with van der Waals surface area (Å²) in [6.07, 6.45) is 6.57. The monoisotopic (exact) mass is 263 g/mol. The van der Waals surface area contributed by atoms with Crippen LogP contribution in [0.25, 0.3) is 0 Å². The first kappa shape index (κ1) is 14.2. The molecular weight excluding hydrogens is 238 g/mol. The average Bonchev–Trinajstić information content (AvgIpc) is 2.45. The molecular formula is C16H25NO2. The number of hydrogen-bond donors (Lipinski definition) is 1. The van der Waals surface area contributed by atoms with E-state index in [0.717, 1.165) is 23.6 Å². The topological polar surface area (TPSA) is 30.5 Å². The first-order valence-corrected chi connectivity index (χ1v) is 7.13. The van der Waals surface area contributed by atoms with Crippen LogP contribution in [0.3, 0.4) is 0 Å². The lowest BCUT2D eigenvalue weighted by atomic mass is 9.83. The highest BCUT2D eigenvalue weighted by Crippen LogP contribution is 2.29. The van der Waals surface area contributed by atoms with Crippen molar-refractivity contribution in [3.63, 3.8) is 0 Å². The molecule has 1 aromatic carbocycles. The van der Waals surface area contributed by atoms with Crippen LogP contribution in [0.1, 0.15) is 44.6 Å². The van der Waals surface area contributed by atoms with E-state index in [9.17, 15) is 0 Å². The lowest BCUT2D eigenvalue weighted by Gasteiger charge is -2.35. The van der Waals surface area contributed by atoms with Gasteiger partial charge < -0.3 is 14.8 Å². The van der Waals surface area contributed by atoms with E-state index in [1.807, 2.05) is 12.1 Å². The quantitative estimate of drug-likeness (QED) is 0.881. The van der Waals surface area contributed by atoms with Crippen LogP contribution >= 0.6 is 0 Å². The van der Waals surface area contributed by atoms with E-state index in [2.05, 4.69) is 18.3 Å². The first-order chi connectivity index (χ1) is 9.17. The number of nitrogens with one attached hydrogen (secondary N) is 1. The maximum atomic E-state index is 5.42. The summed E-state index contributed by atoms with van der Waals surface area (Å²) >= 11 is 0. The fourth-order valence-electron chi connectivity index (χ4n) is 2.84. The smallest absolute Gasteiger partial charge is 0.123 e. The molecule has 0 atom stereocenters. The molecule has 0 amide bonds. The molecule has 0 heterocycles. The van der Waals surface area contributed by atoms with Crippen molar-refractivity contribution in [3.05, 3.63) is 23.8 Å². The summed E-state index contributed by atoms with van der Waals surface area (Å²) in [5.41, 5.74) is 1.43. The van der Waals surface area contributed by atoms with E-state index >= 15 is 0 Å². The molecule has 0 unspecified atom stereocenters. The lowest BCUT2D eigenvalue weighted by Crippen LogP contribution is -2.43. The van der Waals surface area contributed by atoms with Gasteiger partial charge in [-0.05, 0) is 38.0 Å². The highest BCUT2D eigenvalue weighted by Gasteiger charge is 2.26. The molecule has 2 rings (SSSR count). The number of hydrogen-bond acceptors (Lipinski definition) is 3. The van der Waals surface area contributed by atoms with Crippen LogP contribution < -0.4 is 14.8 Å². The van der Waals surface area contributed by atoms with Gasteiger partial charge >= 0.3 is 0 Å². The Morgan fingerprint density at radius 3 is 2.47 bits per heavy atom. The standard InChI is InChI=1S/C16H25NO2/c1-16(9-5-4-6-10-16)17-12-13-11-14(18-2)7-8-15(13)19-3/h7-8,11,17H,4-6,9-10,12H2,1-3H3. The fraction of sp³-hybridized carbons (Fsp3) is 0.625. The summed E-state index contributed by atoms with van der Waals surface area (Å²) in [7, 11) is 3.41. The van der Waals surface area contributed by atoms with Crippen LogP contribution in [0.5, 0.6) is 11.5 Å². The van der Waals surface area contributed by atoms with E-state index in [1.165, 1.54) is 32.1 Å². The second-order valence-corrected chi connectivity index (χ2v) is 5.65. The van der Waals surface area contributed by atoms with Gasteiger partial charge in [-0.15, -0.1) is 0 Å². The molecule has 0 radical (unpaired) electrons. The third kappa shape index (κ3) is 3.63. The highest BCUT2D eigenvalue weighted by atomic mass is 16.5. The van der Waals surface area contributed by atoms with Gasteiger partial charge in [-0.25, -0.2) is 0 Å². The third-order valence-corrected chi connectivity index (χ3v) is 4.15. The first-order valence-electron chi connectivity index (χ1n) is 7.13. The molecule has 0 bridgehead atoms. The van der Waals surface area contributed by atoms with Crippen LogP contribution in [0.15, 0.2) is 18.2 Å². The molecule has 1 saturated carbocycles. The van der Waals surface area contributed by atoms with Crippen LogP contribution in [0.4, 0.5) is 0 Å². The summed E-state index contributed by atoms with van der Waals surface area (Å²) in [5.74, 6) is 1.80. The van der Waals surface area contributed by atoms with Crippen molar-refractivity contribution in [1.82, 2.24) is 5.32 Å². The van der Waals surface area contributed by atoms with Crippen molar-refractivity contribution in [2.75, 3.05) is 14.2 Å². The normalized spacial score (nSPS) is 18.1. The van der Waals surface area contributed by atoms with Crippen molar-refractivity contribution in [2.45, 2.75) is 51.1 Å². The minimum Gasteiger partial charge on any atom is -0.497 e. The molecule has 1 aliphatic rings. The Labute approximate surface area is 116 Å². The second kappa shape index (κ2) is 6.29. The Morgan fingerprint density at radius 2 is 1.84 bits per heavy atom. The van der Waals surface area contributed by atoms with Gasteiger partial charge in [-0.2, -0.15) is 0 Å². The summed E-state index contributed by atoms with van der Waals surface area (Å²) in [4.78, 5) is 0. The van der Waals surface area contributed by atoms with Crippen molar-refractivity contribution < 1.29 is 9.47 Å². The van der Waals surface area contributed by atoms with E-state index in [-0.39, 0.29) is 5.54 Å². The zero-order valence-corrected chi connectivity index (χ0v) is 12.3. The van der Waals surface area contributed by atoms with Gasteiger partial charge in [0.15, 0.2) is 0 Å². The zero-order chi connectivity index (χ0) is 13.7. The predicted molar refractivity (Wildman–Crippen MR) is 77.9 cm³/mol. The molecule has 1 aliphatic carbocycles. The molecule has 3 nitrogen and oxygen atoms in total. The van der Waals surface area contributed by atoms with Crippen LogP contribution in [-0.4, -0.2) is 19.8 Å². The minimum atomic E-state index is 0.270. The summed E-state index contributed by atoms with van der Waals surface area (Å²) < 4.78 is 10.7. The third-order valence-electron chi connectivity index (χ3n) is 4.15. The SMILES string of the molecule is COc1ccc(OC)c(CNC2(C)CCCCC2)c1. The minimum absolute atomic E-state index is 0.270. The number of ether oxygens (including phenoxy) is 2. The molecule has 0 spiro atoms. The largest absolute Gasteiger partial charge is 0.497 e. The molecule has 0 aliphatic heterocycles. The van der Waals surface area contributed by atoms with Crippen LogP contribution in [0.2, 0.25) is 0 Å². The highest BCUT2D eigenvalue weighted by molar-refractivity contribution is 5.40. The van der Waals surface area contributed by atoms with Gasteiger partial charge in [0.25, 0.3) is 0 Å². The number of methoxy groups -OCH3 is 2. The van der Waals surface area contributed by atoms with Crippen molar-refractivity contribution in [3.8, 4) is 11.5 Å². The van der Waals surface area contributed by atoms with E-state index in [0.29, 0.717) is 0 Å². The van der Waals surface area contributed by atoms with E-state index < -0.39 is 0 Å². The van der Waals surface area contributed by atoms with Crippen LogP contribution in [-0.2, 0) is 6.54 Å². The fourth-order valence-corrected chi connectivity index (χ4v) is 2.84. The Balaban J connectivity index is 2.05. The van der Waals surface area contributed by atoms with E-state index in [4.69, 9.17) is 9.47 Å². The molecule has 106 valence electrons. The molecule has 0 aromatic heterocycles. The van der Waals surface area contributed by atoms with Gasteiger partial charge in [0.2, 0.25) is 0 Å². The Hall–Kier alpha value is -1.22. The van der Waals surface area contributed by atoms with Gasteiger partial charge in [0, 0.05) is 17.6 Å². The average molecular weight is 263 g/mol. The van der Waals surface area contributed by atoms with Crippen molar-refractivity contribution in [2.24, 2.45) is 0 Å². The Morgan fingerprint density at radius 1 is 1.11 bits per heavy atom. The van der Waals surface area contributed by atoms with Crippen LogP contribution in [0, 0.1) is 0 Å². The number of rotatable bonds is 5. The predicted octanol–water partition coefficient (Wildman–Crippen LogP) is 3.52. The molecule has 1 aromatic rings. The van der Waals surface area contributed by atoms with Crippen molar-refractivity contribution >= 4 is 0 Å². The Kier molecular flexibility index (Phi) is 4.70. The molecule has 1 fully saturated rings. The lowest BCUT2D eigenvalue weighted by molar-refractivity contribution is 0.251. The molecule has 19 heavy (non-hydrogen) atoms. The van der Waals surface area contributed by atoms with E-state index in [1.54, 1.807) is 14.2 Å². The second-order valence-electron chi connectivity index (χ2n) is 5.65. The zero-order valence-electron chi connectivity index (χ0n) is 12.3. The van der Waals surface area contributed by atoms with Gasteiger partial charge in [0.05, 0.1) is 14.2 Å². The summed E-state index contributed by atoms with van der Waals surface area (Å²) in [5, 5.41) is 3.70. The van der Waals surface area contributed by atoms with Gasteiger partial charge in [-0.3, -0.25) is 0 Å². The van der Waals surface area contributed by atoms with Gasteiger partial charge in [0.1, 0.15) is 11.5 Å². The Bertz CT molecular complexity index is 411. The molecule has 3 heteroatoms. The maximum absolute atomic E-state index is 5.42. The molecule has 1 N–H and O–H groups in total.